The summed E-state index contributed by atoms with van der Waals surface area (Å²) in [6.45, 7) is 3.83. The smallest absolute Gasteiger partial charge is 0.320 e. The first kappa shape index (κ1) is 33.6. The summed E-state index contributed by atoms with van der Waals surface area (Å²) in [6, 6.07) is 33.4. The molecule has 7 rings (SSSR count). The van der Waals surface area contributed by atoms with E-state index in [0.29, 0.717) is 58.2 Å². The Bertz CT molecular complexity index is 2310. The standard InChI is InChI=1S/C37H29N9O3S2/c1-21-19-23(11-13-29(21)43-45-31-15-17-33(50-48)27-9-5-3-7-25(27)31)38-35-40-36(42-37(47)41-35)39-24-12-14-30(22(2)20-24)44-46-32-16-18-34(51-49)28-10-6-4-8-26(28)32/h3-20,48-49H,1-2H3,(H3,38,39,40,41,42,47). The molecular formula is C37H29N9O3S2. The minimum Gasteiger partial charge on any atom is -0.479 e. The summed E-state index contributed by atoms with van der Waals surface area (Å²) in [5, 5.41) is 38.0. The molecule has 0 radical (unpaired) electrons. The first-order valence-electron chi connectivity index (χ1n) is 15.6. The van der Waals surface area contributed by atoms with Gasteiger partial charge in [-0.05, 0) is 96.4 Å². The fourth-order valence-electron chi connectivity index (χ4n) is 5.49. The zero-order chi connectivity index (χ0) is 35.3. The molecular weight excluding hydrogens is 683 g/mol. The molecule has 252 valence electrons. The molecule has 0 aliphatic heterocycles. The van der Waals surface area contributed by atoms with Crippen molar-refractivity contribution in [3.05, 3.63) is 120 Å². The number of benzene rings is 6. The molecule has 0 fully saturated rings. The van der Waals surface area contributed by atoms with Crippen molar-refractivity contribution in [3.63, 3.8) is 0 Å². The minimum atomic E-state index is -0.449. The number of nitrogens with one attached hydrogen (secondary N) is 2. The molecule has 0 aliphatic rings. The van der Waals surface area contributed by atoms with E-state index in [1.165, 1.54) is 0 Å². The number of aromatic hydroxyl groups is 1. The maximum absolute atomic E-state index is 10.3. The van der Waals surface area contributed by atoms with E-state index in [9.17, 15) is 14.2 Å². The van der Waals surface area contributed by atoms with E-state index in [-0.39, 0.29) is 11.9 Å². The van der Waals surface area contributed by atoms with Crippen molar-refractivity contribution in [2.24, 2.45) is 20.5 Å². The molecule has 6 aromatic carbocycles. The third-order valence-corrected chi connectivity index (χ3v) is 9.08. The van der Waals surface area contributed by atoms with Crippen LogP contribution in [-0.4, -0.2) is 29.2 Å². The van der Waals surface area contributed by atoms with Gasteiger partial charge in [0.25, 0.3) is 0 Å². The monoisotopic (exact) mass is 711 g/mol. The van der Waals surface area contributed by atoms with Crippen LogP contribution >= 0.6 is 24.1 Å². The van der Waals surface area contributed by atoms with Gasteiger partial charge < -0.3 is 24.8 Å². The van der Waals surface area contributed by atoms with E-state index < -0.39 is 6.01 Å². The molecule has 14 heteroatoms. The molecule has 0 atom stereocenters. The summed E-state index contributed by atoms with van der Waals surface area (Å²) < 4.78 is 19.2. The van der Waals surface area contributed by atoms with Crippen molar-refractivity contribution in [2.75, 3.05) is 10.6 Å². The third-order valence-electron chi connectivity index (χ3n) is 7.98. The molecule has 0 saturated carbocycles. The Morgan fingerprint density at radius 3 is 1.29 bits per heavy atom. The summed E-state index contributed by atoms with van der Waals surface area (Å²) in [7, 11) is 0. The predicted octanol–water partition coefficient (Wildman–Crippen LogP) is 11.9. The number of hydrogen-bond donors (Lipinski definition) is 5. The Hall–Kier alpha value is -5.93. The van der Waals surface area contributed by atoms with Crippen molar-refractivity contribution in [1.82, 2.24) is 15.0 Å². The lowest BCUT2D eigenvalue weighted by molar-refractivity contribution is 0.430. The highest BCUT2D eigenvalue weighted by Gasteiger charge is 2.11. The molecule has 0 unspecified atom stereocenters. The Morgan fingerprint density at radius 1 is 0.490 bits per heavy atom. The normalized spacial score (nSPS) is 11.6. The predicted molar refractivity (Wildman–Crippen MR) is 204 cm³/mol. The van der Waals surface area contributed by atoms with E-state index in [0.717, 1.165) is 42.5 Å². The summed E-state index contributed by atoms with van der Waals surface area (Å²) >= 11 is 1.41. The Labute approximate surface area is 300 Å². The fourth-order valence-corrected chi connectivity index (χ4v) is 6.30. The molecule has 1 heterocycles. The van der Waals surface area contributed by atoms with Gasteiger partial charge in [-0.1, -0.05) is 48.5 Å². The number of hydrogen-bond acceptors (Lipinski definition) is 14. The molecule has 7 aromatic rings. The van der Waals surface area contributed by atoms with Crippen LogP contribution in [0.25, 0.3) is 21.5 Å². The van der Waals surface area contributed by atoms with Crippen molar-refractivity contribution in [2.45, 2.75) is 23.6 Å². The van der Waals surface area contributed by atoms with Crippen LogP contribution in [-0.2, 0) is 0 Å². The van der Waals surface area contributed by atoms with Crippen molar-refractivity contribution >= 4 is 91.7 Å². The molecule has 0 aliphatic carbocycles. The molecule has 0 bridgehead atoms. The van der Waals surface area contributed by atoms with E-state index in [2.05, 4.69) is 46.0 Å². The van der Waals surface area contributed by atoms with Gasteiger partial charge in [0.2, 0.25) is 11.9 Å². The van der Waals surface area contributed by atoms with Gasteiger partial charge in [-0.25, -0.2) is 0 Å². The van der Waals surface area contributed by atoms with Crippen LogP contribution in [0.1, 0.15) is 11.1 Å². The van der Waals surface area contributed by atoms with Gasteiger partial charge in [-0.3, -0.25) is 0 Å². The van der Waals surface area contributed by atoms with Crippen LogP contribution in [0.5, 0.6) is 6.01 Å². The molecule has 51 heavy (non-hydrogen) atoms. The van der Waals surface area contributed by atoms with Crippen molar-refractivity contribution in [3.8, 4) is 6.01 Å². The zero-order valence-corrected chi connectivity index (χ0v) is 28.8. The summed E-state index contributed by atoms with van der Waals surface area (Å²) in [5.41, 5.74) is 5.81. The molecule has 0 amide bonds. The van der Waals surface area contributed by atoms with E-state index in [1.54, 1.807) is 0 Å². The first-order chi connectivity index (χ1) is 24.9. The topological polar surface area (TPSA) is 173 Å². The lowest BCUT2D eigenvalue weighted by atomic mass is 10.1. The lowest BCUT2D eigenvalue weighted by Crippen LogP contribution is -2.03. The van der Waals surface area contributed by atoms with Gasteiger partial charge in [-0.15, -0.1) is 10.2 Å². The second-order valence-electron chi connectivity index (χ2n) is 11.4. The Morgan fingerprint density at radius 2 is 0.882 bits per heavy atom. The zero-order valence-electron chi connectivity index (χ0n) is 27.2. The minimum absolute atomic E-state index is 0.145. The van der Waals surface area contributed by atoms with Crippen LogP contribution < -0.4 is 10.6 Å². The number of anilines is 4. The van der Waals surface area contributed by atoms with Gasteiger partial charge in [0.1, 0.15) is 0 Å². The van der Waals surface area contributed by atoms with E-state index in [1.807, 2.05) is 123 Å². The number of aryl methyl sites for hydroxylation is 2. The third kappa shape index (κ3) is 7.49. The average Bonchev–Trinajstić information content (AvgIpc) is 3.13. The summed E-state index contributed by atoms with van der Waals surface area (Å²) in [4.78, 5) is 14.0. The van der Waals surface area contributed by atoms with Gasteiger partial charge in [-0.2, -0.15) is 25.2 Å². The van der Waals surface area contributed by atoms with Gasteiger partial charge in [0.15, 0.2) is 0 Å². The average molecular weight is 712 g/mol. The van der Waals surface area contributed by atoms with Gasteiger partial charge >= 0.3 is 6.01 Å². The maximum Gasteiger partial charge on any atom is 0.320 e. The van der Waals surface area contributed by atoms with Crippen LogP contribution in [0.2, 0.25) is 0 Å². The Balaban J connectivity index is 1.05. The number of azo groups is 2. The van der Waals surface area contributed by atoms with Crippen LogP contribution in [0.3, 0.4) is 0 Å². The number of nitrogens with zero attached hydrogens (tertiary/aromatic N) is 7. The Kier molecular flexibility index (Phi) is 9.81. The molecule has 5 N–H and O–H groups in total. The van der Waals surface area contributed by atoms with Crippen LogP contribution in [0.15, 0.2) is 139 Å². The second-order valence-corrected chi connectivity index (χ2v) is 12.6. The highest BCUT2D eigenvalue weighted by atomic mass is 32.2. The summed E-state index contributed by atoms with van der Waals surface area (Å²) in [5.74, 6) is 0.291. The quantitative estimate of drug-likeness (QED) is 0.0678. The second kappa shape index (κ2) is 14.9. The van der Waals surface area contributed by atoms with E-state index >= 15 is 0 Å². The highest BCUT2D eigenvalue weighted by Crippen LogP contribution is 2.36. The fraction of sp³-hybridized carbons (Fsp3) is 0.0541. The first-order valence-corrected chi connectivity index (χ1v) is 17.1. The van der Waals surface area contributed by atoms with Crippen LogP contribution in [0.4, 0.5) is 46.0 Å². The molecule has 0 saturated heterocycles. The van der Waals surface area contributed by atoms with Crippen LogP contribution in [0, 0.1) is 13.8 Å². The molecule has 12 nitrogen and oxygen atoms in total. The highest BCUT2D eigenvalue weighted by molar-refractivity contribution is 7.94. The van der Waals surface area contributed by atoms with Crippen molar-refractivity contribution < 1.29 is 14.2 Å². The van der Waals surface area contributed by atoms with E-state index in [4.69, 9.17) is 0 Å². The molecule has 1 aromatic heterocycles. The SMILES string of the molecule is Cc1cc(Nc2nc(O)nc(Nc3ccc(N=Nc4ccc(SO)c5ccccc45)c(C)c3)n2)ccc1N=Nc1ccc(SO)c2ccccc12. The van der Waals surface area contributed by atoms with Crippen molar-refractivity contribution in [1.29, 1.82) is 0 Å². The summed E-state index contributed by atoms with van der Waals surface area (Å²) in [6.07, 6.45) is 0. The largest absolute Gasteiger partial charge is 0.479 e. The maximum atomic E-state index is 10.3. The van der Waals surface area contributed by atoms with Gasteiger partial charge in [0.05, 0.1) is 22.7 Å². The lowest BCUT2D eigenvalue weighted by Gasteiger charge is -2.10. The molecule has 0 spiro atoms. The number of rotatable bonds is 10. The number of aromatic nitrogens is 3. The number of fused-ring (bicyclic) bond motifs is 2. The van der Waals surface area contributed by atoms with Gasteiger partial charge in [0, 0.05) is 56.0 Å².